The molecule has 0 aliphatic carbocycles. The van der Waals surface area contributed by atoms with Gasteiger partial charge in [0.25, 0.3) is 0 Å². The molecule has 1 aliphatic heterocycles. The number of rotatable bonds is 0. The van der Waals surface area contributed by atoms with Crippen LogP contribution in [-0.4, -0.2) is 20.0 Å². The van der Waals surface area contributed by atoms with Crippen molar-refractivity contribution in [2.75, 3.05) is 0 Å². The summed E-state index contributed by atoms with van der Waals surface area (Å²) in [7, 11) is 0. The van der Waals surface area contributed by atoms with Gasteiger partial charge in [0.15, 0.2) is 5.17 Å². The summed E-state index contributed by atoms with van der Waals surface area (Å²) < 4.78 is 17.5. The number of hydrogen-bond donors (Lipinski definition) is 3. The van der Waals surface area contributed by atoms with Crippen molar-refractivity contribution in [3.63, 3.8) is 0 Å². The maximum Gasteiger partial charge on any atom is 0.217 e. The molecule has 1 atom stereocenters. The van der Waals surface area contributed by atoms with Gasteiger partial charge in [-0.3, -0.25) is 5.41 Å². The number of thioether (sulfide) groups is 1. The molecule has 1 aliphatic rings. The molecule has 0 bridgehead atoms. The standard InChI is InChI=1S/C5H10N4OS2/c1-5(2)3(11-4(6)7)8-12(10)9-5/h9H,1-2H3,(H3,6,7)/t12-/m1/s1. The molecule has 1 heterocycles. The Labute approximate surface area is 77.4 Å². The van der Waals surface area contributed by atoms with Gasteiger partial charge in [-0.15, -0.1) is 0 Å². The number of hydrogen-bond acceptors (Lipinski definition) is 3. The quantitative estimate of drug-likeness (QED) is 0.384. The highest BCUT2D eigenvalue weighted by Gasteiger charge is 2.34. The van der Waals surface area contributed by atoms with Gasteiger partial charge in [0.05, 0.1) is 5.54 Å². The fourth-order valence-electron chi connectivity index (χ4n) is 0.725. The van der Waals surface area contributed by atoms with Crippen molar-refractivity contribution in [3.05, 3.63) is 0 Å². The van der Waals surface area contributed by atoms with Gasteiger partial charge >= 0.3 is 0 Å². The summed E-state index contributed by atoms with van der Waals surface area (Å²) in [6.07, 6.45) is 0. The van der Waals surface area contributed by atoms with E-state index in [-0.39, 0.29) is 5.17 Å². The lowest BCUT2D eigenvalue weighted by molar-refractivity contribution is 0.629. The lowest BCUT2D eigenvalue weighted by Crippen LogP contribution is -2.40. The molecule has 1 rings (SSSR count). The van der Waals surface area contributed by atoms with Crippen LogP contribution in [0.15, 0.2) is 4.40 Å². The van der Waals surface area contributed by atoms with Gasteiger partial charge in [-0.1, -0.05) is 0 Å². The molecular formula is C5H10N4OS2. The molecule has 4 N–H and O–H groups in total. The molecule has 0 saturated carbocycles. The molecule has 0 aromatic rings. The van der Waals surface area contributed by atoms with Crippen molar-refractivity contribution in [2.24, 2.45) is 10.1 Å². The zero-order valence-electron chi connectivity index (χ0n) is 6.75. The molecule has 0 unspecified atom stereocenters. The van der Waals surface area contributed by atoms with Gasteiger partial charge in [-0.05, 0) is 25.6 Å². The van der Waals surface area contributed by atoms with Gasteiger partial charge in [-0.2, -0.15) is 4.40 Å². The van der Waals surface area contributed by atoms with Crippen LogP contribution < -0.4 is 10.5 Å². The fraction of sp³-hybridized carbons (Fsp3) is 0.600. The molecule has 12 heavy (non-hydrogen) atoms. The maximum absolute atomic E-state index is 10.9. The first-order valence-electron chi connectivity index (χ1n) is 3.22. The van der Waals surface area contributed by atoms with Crippen molar-refractivity contribution < 1.29 is 4.21 Å². The Hall–Kier alpha value is -0.400. The minimum absolute atomic E-state index is 0.0393. The minimum atomic E-state index is -1.37. The van der Waals surface area contributed by atoms with Crippen LogP contribution in [-0.2, 0) is 11.2 Å². The van der Waals surface area contributed by atoms with Crippen LogP contribution in [0.25, 0.3) is 0 Å². The molecule has 0 saturated heterocycles. The highest BCUT2D eigenvalue weighted by Crippen LogP contribution is 2.22. The molecule has 0 amide bonds. The van der Waals surface area contributed by atoms with E-state index in [1.54, 1.807) is 0 Å². The molecule has 5 nitrogen and oxygen atoms in total. The van der Waals surface area contributed by atoms with Gasteiger partial charge in [0, 0.05) is 0 Å². The van der Waals surface area contributed by atoms with Crippen molar-refractivity contribution in [3.8, 4) is 0 Å². The Morgan fingerprint density at radius 2 is 2.42 bits per heavy atom. The first kappa shape index (κ1) is 9.69. The zero-order chi connectivity index (χ0) is 9.35. The van der Waals surface area contributed by atoms with Crippen molar-refractivity contribution in [1.82, 2.24) is 4.72 Å². The first-order valence-corrected chi connectivity index (χ1v) is 5.15. The smallest absolute Gasteiger partial charge is 0.217 e. The molecular weight excluding hydrogens is 196 g/mol. The van der Waals surface area contributed by atoms with Crippen LogP contribution in [0.5, 0.6) is 0 Å². The SMILES string of the molecule is CC1(C)N[S@](=O)N=C1SC(=N)N. The Morgan fingerprint density at radius 1 is 1.83 bits per heavy atom. The largest absolute Gasteiger partial charge is 0.378 e. The molecule has 0 radical (unpaired) electrons. The van der Waals surface area contributed by atoms with E-state index in [1.165, 1.54) is 0 Å². The summed E-state index contributed by atoms with van der Waals surface area (Å²) in [6, 6.07) is 0. The second kappa shape index (κ2) is 3.15. The third-order valence-corrected chi connectivity index (χ3v) is 3.41. The summed E-state index contributed by atoms with van der Waals surface area (Å²) in [6.45, 7) is 3.68. The lowest BCUT2D eigenvalue weighted by atomic mass is 10.1. The minimum Gasteiger partial charge on any atom is -0.378 e. The Balaban J connectivity index is 2.81. The third-order valence-electron chi connectivity index (χ3n) is 1.25. The molecule has 0 aromatic carbocycles. The maximum atomic E-state index is 10.9. The van der Waals surface area contributed by atoms with E-state index >= 15 is 0 Å². The van der Waals surface area contributed by atoms with Crippen LogP contribution in [0.3, 0.4) is 0 Å². The summed E-state index contributed by atoms with van der Waals surface area (Å²) >= 11 is -0.346. The van der Waals surface area contributed by atoms with Crippen LogP contribution in [0, 0.1) is 5.41 Å². The Bertz CT molecular complexity index is 273. The van der Waals surface area contributed by atoms with Crippen molar-refractivity contribution >= 4 is 33.1 Å². The summed E-state index contributed by atoms with van der Waals surface area (Å²) in [4.78, 5) is 0. The third kappa shape index (κ3) is 2.05. The van der Waals surface area contributed by atoms with E-state index in [0.717, 1.165) is 11.8 Å². The van der Waals surface area contributed by atoms with Crippen LogP contribution >= 0.6 is 11.8 Å². The van der Waals surface area contributed by atoms with Gasteiger partial charge in [0.2, 0.25) is 11.2 Å². The molecule has 0 fully saturated rings. The van der Waals surface area contributed by atoms with Crippen LogP contribution in [0.2, 0.25) is 0 Å². The number of nitrogens with one attached hydrogen (secondary N) is 2. The number of nitrogens with two attached hydrogens (primary N) is 1. The fourth-order valence-corrected chi connectivity index (χ4v) is 2.61. The molecule has 0 aromatic heterocycles. The van der Waals surface area contributed by atoms with Gasteiger partial charge in [0.1, 0.15) is 5.04 Å². The van der Waals surface area contributed by atoms with E-state index in [9.17, 15) is 4.21 Å². The monoisotopic (exact) mass is 206 g/mol. The predicted octanol–water partition coefficient (Wildman–Crippen LogP) is -0.0279. The van der Waals surface area contributed by atoms with Crippen molar-refractivity contribution in [1.29, 1.82) is 5.41 Å². The van der Waals surface area contributed by atoms with E-state index in [1.807, 2.05) is 13.8 Å². The topological polar surface area (TPSA) is 91.3 Å². The lowest BCUT2D eigenvalue weighted by Gasteiger charge is -2.17. The van der Waals surface area contributed by atoms with Gasteiger partial charge in [-0.25, -0.2) is 8.93 Å². The number of nitrogens with zero attached hydrogens (tertiary/aromatic N) is 1. The highest BCUT2D eigenvalue weighted by atomic mass is 32.2. The molecule has 7 heteroatoms. The second-order valence-corrected chi connectivity index (χ2v) is 4.75. The van der Waals surface area contributed by atoms with E-state index < -0.39 is 16.7 Å². The predicted molar refractivity (Wildman–Crippen MR) is 52.3 cm³/mol. The van der Waals surface area contributed by atoms with E-state index in [4.69, 9.17) is 11.1 Å². The normalized spacial score (nSPS) is 26.8. The number of amidine groups is 1. The molecule has 0 spiro atoms. The average Bonchev–Trinajstić information content (AvgIpc) is 2.04. The summed E-state index contributed by atoms with van der Waals surface area (Å²) in [5, 5.41) is 7.59. The van der Waals surface area contributed by atoms with E-state index in [2.05, 4.69) is 9.12 Å². The van der Waals surface area contributed by atoms with Crippen LogP contribution in [0.1, 0.15) is 13.8 Å². The summed E-state index contributed by atoms with van der Waals surface area (Å²) in [5.74, 6) is 0. The molecule has 68 valence electrons. The van der Waals surface area contributed by atoms with E-state index in [0.29, 0.717) is 5.04 Å². The zero-order valence-corrected chi connectivity index (χ0v) is 8.38. The average molecular weight is 206 g/mol. The highest BCUT2D eigenvalue weighted by molar-refractivity contribution is 8.27. The first-order chi connectivity index (χ1) is 5.42. The summed E-state index contributed by atoms with van der Waals surface area (Å²) in [5.41, 5.74) is 4.73. The Morgan fingerprint density at radius 3 is 2.75 bits per heavy atom. The van der Waals surface area contributed by atoms with Crippen LogP contribution in [0.4, 0.5) is 0 Å². The second-order valence-electron chi connectivity index (χ2n) is 2.84. The van der Waals surface area contributed by atoms with Gasteiger partial charge < -0.3 is 5.73 Å². The van der Waals surface area contributed by atoms with Crippen molar-refractivity contribution in [2.45, 2.75) is 19.4 Å². The Kier molecular flexibility index (Phi) is 2.55.